The van der Waals surface area contributed by atoms with Gasteiger partial charge in [0, 0.05) is 15.9 Å². The van der Waals surface area contributed by atoms with E-state index in [2.05, 4.69) is 9.47 Å². The van der Waals surface area contributed by atoms with Crippen molar-refractivity contribution in [3.8, 4) is 0 Å². The first kappa shape index (κ1) is 10.8. The van der Waals surface area contributed by atoms with Crippen LogP contribution in [0, 0.1) is 0 Å². The van der Waals surface area contributed by atoms with E-state index in [-0.39, 0.29) is 5.78 Å². The summed E-state index contributed by atoms with van der Waals surface area (Å²) in [6, 6.07) is 0. The van der Waals surface area contributed by atoms with Crippen molar-refractivity contribution in [3.05, 3.63) is 11.1 Å². The Morgan fingerprint density at radius 1 is 1.27 bits per heavy atom. The van der Waals surface area contributed by atoms with Crippen molar-refractivity contribution in [2.75, 3.05) is 6.61 Å². The highest BCUT2D eigenvalue weighted by molar-refractivity contribution is 7.09. The summed E-state index contributed by atoms with van der Waals surface area (Å²) in [6.45, 7) is 6.12. The monoisotopic (exact) mass is 174 g/mol. The van der Waals surface area contributed by atoms with Gasteiger partial charge < -0.3 is 4.52 Å². The summed E-state index contributed by atoms with van der Waals surface area (Å²) in [6.07, 6.45) is 0.542. The zero-order chi connectivity index (χ0) is 8.85. The average molecular weight is 174 g/mol. The Morgan fingerprint density at radius 3 is 2.18 bits per heavy atom. The maximum absolute atomic E-state index is 10.7. The van der Waals surface area contributed by atoms with Gasteiger partial charge in [-0.25, -0.2) is 0 Å². The maximum Gasteiger partial charge on any atom is 0.133 e. The zero-order valence-corrected chi connectivity index (χ0v) is 8.46. The van der Waals surface area contributed by atoms with E-state index in [1.807, 2.05) is 13.8 Å². The van der Waals surface area contributed by atoms with Gasteiger partial charge >= 0.3 is 0 Å². The van der Waals surface area contributed by atoms with Gasteiger partial charge in [-0.2, -0.15) is 0 Å². The van der Waals surface area contributed by atoms with Crippen LogP contribution in [0.1, 0.15) is 27.2 Å². The Kier molecular flexibility index (Phi) is 5.35. The van der Waals surface area contributed by atoms with E-state index < -0.39 is 0 Å². The Morgan fingerprint density at radius 2 is 1.82 bits per heavy atom. The molecule has 3 heteroatoms. The third kappa shape index (κ3) is 5.11. The van der Waals surface area contributed by atoms with Crippen LogP contribution < -0.4 is 0 Å². The van der Waals surface area contributed by atoms with Crippen LogP contribution in [0.3, 0.4) is 0 Å². The highest BCUT2D eigenvalue weighted by Crippen LogP contribution is 2.09. The Labute approximate surface area is 70.3 Å². The summed E-state index contributed by atoms with van der Waals surface area (Å²) < 4.78 is 4.85. The van der Waals surface area contributed by atoms with Crippen molar-refractivity contribution in [1.29, 1.82) is 0 Å². The molecular formula is C8H15O2P. The fourth-order valence-electron chi connectivity index (χ4n) is 0.773. The number of ketones is 1. The normalized spacial score (nSPS) is 12.7. The van der Waals surface area contributed by atoms with Gasteiger partial charge in [0.15, 0.2) is 0 Å². The molecule has 0 spiro atoms. The van der Waals surface area contributed by atoms with E-state index in [1.54, 1.807) is 6.92 Å². The van der Waals surface area contributed by atoms with Crippen molar-refractivity contribution < 1.29 is 9.32 Å². The van der Waals surface area contributed by atoms with Crippen molar-refractivity contribution in [3.63, 3.8) is 0 Å². The molecule has 0 aromatic carbocycles. The molecule has 0 saturated heterocycles. The molecule has 11 heavy (non-hydrogen) atoms. The van der Waals surface area contributed by atoms with Crippen molar-refractivity contribution in [2.24, 2.45) is 0 Å². The first-order chi connectivity index (χ1) is 5.07. The third-order valence-corrected chi connectivity index (χ3v) is 1.71. The lowest BCUT2D eigenvalue weighted by Gasteiger charge is -2.03. The quantitative estimate of drug-likeness (QED) is 0.482. The number of rotatable bonds is 4. The summed E-state index contributed by atoms with van der Waals surface area (Å²) in [5.74, 6) is 0.200. The van der Waals surface area contributed by atoms with Crippen molar-refractivity contribution in [1.82, 2.24) is 0 Å². The number of allylic oxidation sites excluding steroid dienone is 1. The molecule has 0 fully saturated rings. The molecule has 0 rings (SSSR count). The van der Waals surface area contributed by atoms with Crippen LogP contribution in [0.15, 0.2) is 11.1 Å². The van der Waals surface area contributed by atoms with Gasteiger partial charge in [-0.3, -0.25) is 4.79 Å². The lowest BCUT2D eigenvalue weighted by Crippen LogP contribution is -1.96. The lowest BCUT2D eigenvalue weighted by molar-refractivity contribution is -0.116. The van der Waals surface area contributed by atoms with Gasteiger partial charge in [0.05, 0.1) is 6.61 Å². The first-order valence-electron chi connectivity index (χ1n) is 3.54. The van der Waals surface area contributed by atoms with Gasteiger partial charge in [0.25, 0.3) is 0 Å². The van der Waals surface area contributed by atoms with E-state index >= 15 is 0 Å². The summed E-state index contributed by atoms with van der Waals surface area (Å²) in [5, 5.41) is 0. The number of hydrogen-bond donors (Lipinski definition) is 0. The molecule has 0 aromatic heterocycles. The van der Waals surface area contributed by atoms with Gasteiger partial charge in [0.2, 0.25) is 0 Å². The van der Waals surface area contributed by atoms with Crippen LogP contribution in [0.4, 0.5) is 0 Å². The lowest BCUT2D eigenvalue weighted by atomic mass is 10.1. The molecule has 0 bridgehead atoms. The molecule has 64 valence electrons. The average Bonchev–Trinajstić information content (AvgIpc) is 1.86. The summed E-state index contributed by atoms with van der Waals surface area (Å²) in [7, 11) is 2.19. The third-order valence-electron chi connectivity index (χ3n) is 1.54. The van der Waals surface area contributed by atoms with Crippen LogP contribution in [0.2, 0.25) is 0 Å². The molecule has 0 aliphatic heterocycles. The Hall–Kier alpha value is -0.200. The van der Waals surface area contributed by atoms with Gasteiger partial charge in [-0.05, 0) is 26.3 Å². The molecule has 0 aromatic rings. The standard InChI is InChI=1S/C8H15O2P/c1-6(4-8(3)9)7(2)5-10-11/h4-5,11H2,1-3H3/b7-6+. The number of Topliss-reactive ketones (excluding diaryl/α,β-unsaturated/α-hetero) is 1. The number of carbonyl (C=O) groups excluding carboxylic acids is 1. The predicted octanol–water partition coefficient (Wildman–Crippen LogP) is 2.11. The molecule has 1 unspecified atom stereocenters. The molecule has 0 N–H and O–H groups in total. The fourth-order valence-corrected chi connectivity index (χ4v) is 1.02. The van der Waals surface area contributed by atoms with E-state index in [0.717, 1.165) is 11.1 Å². The molecule has 0 radical (unpaired) electrons. The topological polar surface area (TPSA) is 26.3 Å². The smallest absolute Gasteiger partial charge is 0.133 e. The van der Waals surface area contributed by atoms with Crippen molar-refractivity contribution >= 4 is 15.2 Å². The van der Waals surface area contributed by atoms with Crippen molar-refractivity contribution in [2.45, 2.75) is 27.2 Å². The van der Waals surface area contributed by atoms with Crippen LogP contribution in [0.5, 0.6) is 0 Å². The summed E-state index contributed by atoms with van der Waals surface area (Å²) in [5.41, 5.74) is 2.25. The Balaban J connectivity index is 4.04. The molecule has 0 heterocycles. The minimum absolute atomic E-state index is 0.200. The Bertz CT molecular complexity index is 173. The summed E-state index contributed by atoms with van der Waals surface area (Å²) in [4.78, 5) is 10.7. The maximum atomic E-state index is 10.7. The van der Waals surface area contributed by atoms with E-state index in [1.165, 1.54) is 0 Å². The molecule has 1 atom stereocenters. The fraction of sp³-hybridized carbons (Fsp3) is 0.625. The van der Waals surface area contributed by atoms with E-state index in [4.69, 9.17) is 4.52 Å². The SMILES string of the molecule is CC(=O)C/C(C)=C(\C)COP. The minimum Gasteiger partial charge on any atom is -0.361 e. The van der Waals surface area contributed by atoms with E-state index in [9.17, 15) is 4.79 Å². The molecule has 0 aliphatic carbocycles. The zero-order valence-electron chi connectivity index (χ0n) is 7.31. The minimum atomic E-state index is 0.200. The number of carbonyl (C=O) groups is 1. The second-order valence-electron chi connectivity index (χ2n) is 2.75. The predicted molar refractivity (Wildman–Crippen MR) is 49.3 cm³/mol. The number of hydrogen-bond acceptors (Lipinski definition) is 2. The molecule has 2 nitrogen and oxygen atoms in total. The largest absolute Gasteiger partial charge is 0.361 e. The molecular weight excluding hydrogens is 159 g/mol. The first-order valence-corrected chi connectivity index (χ1v) is 4.01. The van der Waals surface area contributed by atoms with Crippen LogP contribution in [0.25, 0.3) is 0 Å². The van der Waals surface area contributed by atoms with Gasteiger partial charge in [0.1, 0.15) is 5.78 Å². The van der Waals surface area contributed by atoms with Crippen LogP contribution in [-0.4, -0.2) is 12.4 Å². The molecule has 0 saturated carbocycles. The highest BCUT2D eigenvalue weighted by Gasteiger charge is 1.99. The summed E-state index contributed by atoms with van der Waals surface area (Å²) >= 11 is 0. The molecule has 0 amide bonds. The van der Waals surface area contributed by atoms with E-state index in [0.29, 0.717) is 13.0 Å². The van der Waals surface area contributed by atoms with Gasteiger partial charge in [-0.15, -0.1) is 0 Å². The van der Waals surface area contributed by atoms with Crippen LogP contribution >= 0.6 is 9.47 Å². The van der Waals surface area contributed by atoms with Crippen LogP contribution in [-0.2, 0) is 9.32 Å². The second-order valence-corrected chi connectivity index (χ2v) is 3.08. The highest BCUT2D eigenvalue weighted by atomic mass is 31.0. The van der Waals surface area contributed by atoms with Gasteiger partial charge in [-0.1, -0.05) is 5.57 Å². The second kappa shape index (κ2) is 5.45. The molecule has 0 aliphatic rings.